The Morgan fingerprint density at radius 3 is 2.46 bits per heavy atom. The number of carbonyl (C=O) groups is 5. The van der Waals surface area contributed by atoms with Gasteiger partial charge in [0.25, 0.3) is 11.8 Å². The van der Waals surface area contributed by atoms with Crippen LogP contribution in [0.2, 0.25) is 0 Å². The number of carbonyl (C=O) groups excluding carboxylic acids is 5. The minimum Gasteiger partial charge on any atom is -0.497 e. The van der Waals surface area contributed by atoms with Gasteiger partial charge in [-0.15, -0.1) is 0 Å². The second-order valence-electron chi connectivity index (χ2n) is 16.9. The van der Waals surface area contributed by atoms with E-state index >= 15 is 0 Å². The summed E-state index contributed by atoms with van der Waals surface area (Å²) in [5.74, 6) is -1.00. The number of aryl methyl sites for hydroxylation is 1. The van der Waals surface area contributed by atoms with Gasteiger partial charge >= 0.3 is 18.0 Å². The monoisotopic (exact) mass is 955 g/mol. The number of anilines is 2. The molecule has 368 valence electrons. The molecule has 1 fully saturated rings. The summed E-state index contributed by atoms with van der Waals surface area (Å²) < 4.78 is 22.7. The average molecular weight is 956 g/mol. The van der Waals surface area contributed by atoms with E-state index in [0.717, 1.165) is 81.0 Å². The Morgan fingerprint density at radius 1 is 0.900 bits per heavy atom. The van der Waals surface area contributed by atoms with Crippen molar-refractivity contribution in [1.82, 2.24) is 35.2 Å². The number of aromatic nitrogens is 3. The highest BCUT2D eigenvalue weighted by atomic mass is 16.5. The van der Waals surface area contributed by atoms with Crippen LogP contribution in [0.1, 0.15) is 65.1 Å². The molecule has 18 nitrogen and oxygen atoms in total. The number of H-pyrrole nitrogens is 2. The van der Waals surface area contributed by atoms with Gasteiger partial charge in [-0.25, -0.2) is 14.4 Å². The fourth-order valence-electron chi connectivity index (χ4n) is 8.39. The highest BCUT2D eigenvalue weighted by molar-refractivity contribution is 6.35. The van der Waals surface area contributed by atoms with E-state index in [4.69, 9.17) is 18.9 Å². The van der Waals surface area contributed by atoms with Gasteiger partial charge < -0.3 is 49.7 Å². The van der Waals surface area contributed by atoms with E-state index < -0.39 is 18.0 Å². The summed E-state index contributed by atoms with van der Waals surface area (Å²) in [5, 5.41) is 15.7. The second-order valence-corrected chi connectivity index (χ2v) is 16.9. The van der Waals surface area contributed by atoms with E-state index in [9.17, 15) is 24.0 Å². The Hall–Kier alpha value is -7.70. The molecular weight excluding hydrogens is 895 g/mol. The lowest BCUT2D eigenvalue weighted by atomic mass is 10.0. The summed E-state index contributed by atoms with van der Waals surface area (Å²) in [6, 6.07) is 17.1. The van der Waals surface area contributed by atoms with Gasteiger partial charge in [0.2, 0.25) is 0 Å². The maximum atomic E-state index is 14.0. The molecule has 2 aliphatic heterocycles. The lowest BCUT2D eigenvalue weighted by Gasteiger charge is -2.24. The van der Waals surface area contributed by atoms with Crippen molar-refractivity contribution in [2.75, 3.05) is 83.3 Å². The Morgan fingerprint density at radius 2 is 1.70 bits per heavy atom. The first kappa shape index (κ1) is 50.2. The number of urea groups is 1. The Kier molecular flexibility index (Phi) is 17.2. The van der Waals surface area contributed by atoms with Crippen molar-refractivity contribution < 1.29 is 42.9 Å². The maximum Gasteiger partial charge on any atom is 0.336 e. The first-order chi connectivity index (χ1) is 33.9. The van der Waals surface area contributed by atoms with Crippen LogP contribution < -0.4 is 30.2 Å². The van der Waals surface area contributed by atoms with Crippen molar-refractivity contribution in [3.63, 3.8) is 0 Å². The third-order valence-electron chi connectivity index (χ3n) is 12.3. The van der Waals surface area contributed by atoms with Gasteiger partial charge in [-0.3, -0.25) is 19.6 Å². The minimum atomic E-state index is -0.858. The minimum absolute atomic E-state index is 0.00387. The summed E-state index contributed by atoms with van der Waals surface area (Å²) in [7, 11) is 1.56. The van der Waals surface area contributed by atoms with E-state index in [0.29, 0.717) is 69.7 Å². The van der Waals surface area contributed by atoms with Gasteiger partial charge in [0.05, 0.1) is 36.7 Å². The molecule has 2 aliphatic rings. The number of nitrogens with one attached hydrogen (secondary N) is 5. The largest absolute Gasteiger partial charge is 0.497 e. The number of fused-ring (bicyclic) bond motifs is 1. The molecule has 2 aromatic heterocycles. The van der Waals surface area contributed by atoms with Gasteiger partial charge in [-0.2, -0.15) is 5.10 Å². The third kappa shape index (κ3) is 13.1. The van der Waals surface area contributed by atoms with Gasteiger partial charge in [-0.05, 0) is 118 Å². The predicted octanol–water partition coefficient (Wildman–Crippen LogP) is 6.81. The van der Waals surface area contributed by atoms with E-state index in [1.165, 1.54) is 11.0 Å². The Balaban J connectivity index is 0.972. The van der Waals surface area contributed by atoms with Gasteiger partial charge in [0.15, 0.2) is 0 Å². The molecule has 0 aliphatic carbocycles. The number of aromatic amines is 2. The van der Waals surface area contributed by atoms with Crippen molar-refractivity contribution in [2.45, 2.75) is 47.1 Å². The molecule has 4 heterocycles. The number of rotatable bonds is 22. The molecule has 3 aromatic carbocycles. The summed E-state index contributed by atoms with van der Waals surface area (Å²) in [5.41, 5.74) is 6.75. The van der Waals surface area contributed by atoms with Gasteiger partial charge in [0, 0.05) is 72.7 Å². The number of benzene rings is 3. The zero-order valence-corrected chi connectivity index (χ0v) is 40.3. The molecule has 70 heavy (non-hydrogen) atoms. The first-order valence-corrected chi connectivity index (χ1v) is 23.5. The standard InChI is InChI=1S/C52H61N9O9/c1-6-59(7-2)22-19-53-51(65)49-34(3)45(56-35(49)4)30-42-41-29-40(14-16-43(41)57-50(42)64)70-48(63)18-17-47(62)69-26-24-61(33-36-11-10-12-39(27-36)67-5)52(66)58-44-15-13-37(38-31-54-55-32-38)28-46(44)68-25-23-60-20-8-9-21-60/h10-18,27-32,56H,6-9,19-26,33H2,1-5H3,(H,53,65)(H,54,55)(H,57,64)(H,58,66)/b18-17+,42-30-. The maximum absolute atomic E-state index is 14.0. The van der Waals surface area contributed by atoms with Crippen LogP contribution in [0.4, 0.5) is 16.2 Å². The fourth-order valence-corrected chi connectivity index (χ4v) is 8.39. The smallest absolute Gasteiger partial charge is 0.336 e. The number of nitrogens with zero attached hydrogens (tertiary/aromatic N) is 4. The lowest BCUT2D eigenvalue weighted by molar-refractivity contribution is -0.138. The van der Waals surface area contributed by atoms with Crippen molar-refractivity contribution in [1.29, 1.82) is 0 Å². The average Bonchev–Trinajstić information content (AvgIpc) is 4.19. The third-order valence-corrected chi connectivity index (χ3v) is 12.3. The number of likely N-dealkylation sites (tertiary alicyclic amines) is 1. The van der Waals surface area contributed by atoms with Gasteiger partial charge in [-0.1, -0.05) is 32.0 Å². The molecule has 18 heteroatoms. The molecular formula is C52H61N9O9. The number of amides is 4. The summed E-state index contributed by atoms with van der Waals surface area (Å²) in [6.07, 6.45) is 9.37. The molecule has 5 N–H and O–H groups in total. The van der Waals surface area contributed by atoms with Crippen LogP contribution in [0.25, 0.3) is 22.8 Å². The Labute approximate surface area is 407 Å². The normalized spacial score (nSPS) is 13.9. The van der Waals surface area contributed by atoms with Crippen LogP contribution in [-0.2, 0) is 25.7 Å². The predicted molar refractivity (Wildman–Crippen MR) is 267 cm³/mol. The molecule has 0 atom stereocenters. The van der Waals surface area contributed by atoms with Crippen LogP contribution in [0.3, 0.4) is 0 Å². The molecule has 0 bridgehead atoms. The van der Waals surface area contributed by atoms with Crippen LogP contribution in [0, 0.1) is 13.8 Å². The van der Waals surface area contributed by atoms with Gasteiger partial charge in [0.1, 0.15) is 30.5 Å². The fraction of sp³-hybridized carbons (Fsp3) is 0.346. The van der Waals surface area contributed by atoms with Crippen molar-refractivity contribution >= 4 is 52.8 Å². The number of esters is 2. The summed E-state index contributed by atoms with van der Waals surface area (Å²) >= 11 is 0. The van der Waals surface area contributed by atoms with E-state index in [1.807, 2.05) is 44.2 Å². The van der Waals surface area contributed by atoms with E-state index in [1.54, 1.807) is 49.8 Å². The van der Waals surface area contributed by atoms with Crippen LogP contribution >= 0.6 is 0 Å². The topological polar surface area (TPSA) is 213 Å². The van der Waals surface area contributed by atoms with Crippen LogP contribution in [-0.4, -0.2) is 132 Å². The number of hydrogen-bond donors (Lipinski definition) is 5. The second kappa shape index (κ2) is 24.0. The molecule has 5 aromatic rings. The molecule has 0 radical (unpaired) electrons. The van der Waals surface area contributed by atoms with Crippen molar-refractivity contribution in [2.24, 2.45) is 0 Å². The first-order valence-electron chi connectivity index (χ1n) is 23.5. The van der Waals surface area contributed by atoms with Crippen molar-refractivity contribution in [3.05, 3.63) is 119 Å². The molecule has 0 saturated carbocycles. The number of hydrogen-bond acceptors (Lipinski definition) is 12. The zero-order chi connectivity index (χ0) is 49.6. The van der Waals surface area contributed by atoms with E-state index in [-0.39, 0.29) is 37.3 Å². The number of ether oxygens (including phenoxy) is 4. The number of likely N-dealkylation sites (N-methyl/N-ethyl adjacent to an activating group) is 1. The van der Waals surface area contributed by atoms with Crippen LogP contribution in [0.15, 0.2) is 85.2 Å². The number of methoxy groups -OCH3 is 1. The highest BCUT2D eigenvalue weighted by Gasteiger charge is 2.27. The molecule has 7 rings (SSSR count). The lowest BCUT2D eigenvalue weighted by Crippen LogP contribution is -2.37. The Bertz CT molecular complexity index is 2720. The quantitative estimate of drug-likeness (QED) is 0.0275. The molecule has 0 spiro atoms. The molecule has 4 amide bonds. The van der Waals surface area contributed by atoms with Crippen LogP contribution in [0.5, 0.6) is 17.2 Å². The molecule has 0 unspecified atom stereocenters. The SMILES string of the molecule is CCN(CC)CCNC(=O)c1c(C)[nH]c(/C=C2\C(=O)Nc3ccc(OC(=O)/C=C/C(=O)OCCN(Cc4cccc(OC)c4)C(=O)Nc4ccc(-c5cn[nH]c5)cc4OCCN4CCCC4)cc32)c1C. The van der Waals surface area contributed by atoms with Crippen molar-refractivity contribution in [3.8, 4) is 28.4 Å². The highest BCUT2D eigenvalue weighted by Crippen LogP contribution is 2.37. The van der Waals surface area contributed by atoms with E-state index in [2.05, 4.69) is 54.8 Å². The summed E-state index contributed by atoms with van der Waals surface area (Å²) in [6.45, 7) is 14.0. The molecule has 1 saturated heterocycles. The zero-order valence-electron chi connectivity index (χ0n) is 40.3. The summed E-state index contributed by atoms with van der Waals surface area (Å²) in [4.78, 5) is 75.5.